The number of hydrogen-bond donors (Lipinski definition) is 1. The molecular formula is C14H17BrO4. The van der Waals surface area contributed by atoms with Gasteiger partial charge in [-0.3, -0.25) is 4.79 Å². The van der Waals surface area contributed by atoms with Gasteiger partial charge in [-0.15, -0.1) is 0 Å². The molecule has 0 unspecified atom stereocenters. The molecule has 0 bridgehead atoms. The number of fused-ring (bicyclic) bond motifs is 1. The Balaban J connectivity index is 2.41. The van der Waals surface area contributed by atoms with Gasteiger partial charge in [0.2, 0.25) is 0 Å². The fourth-order valence-electron chi connectivity index (χ4n) is 2.24. The molecule has 0 aliphatic carbocycles. The molecule has 0 atom stereocenters. The van der Waals surface area contributed by atoms with Crippen LogP contribution in [0.25, 0.3) is 0 Å². The first-order chi connectivity index (χ1) is 9.13. The van der Waals surface area contributed by atoms with Crippen LogP contribution in [-0.4, -0.2) is 24.3 Å². The maximum Gasteiger partial charge on any atom is 0.303 e. The van der Waals surface area contributed by atoms with Crippen LogP contribution in [0.1, 0.15) is 30.9 Å². The molecule has 0 aromatic heterocycles. The Labute approximate surface area is 120 Å². The van der Waals surface area contributed by atoms with E-state index in [1.807, 2.05) is 13.0 Å². The first kappa shape index (κ1) is 14.2. The van der Waals surface area contributed by atoms with Gasteiger partial charge in [0.05, 0.1) is 17.7 Å². The summed E-state index contributed by atoms with van der Waals surface area (Å²) < 4.78 is 12.3. The van der Waals surface area contributed by atoms with Crippen molar-refractivity contribution in [2.24, 2.45) is 0 Å². The molecule has 0 fully saturated rings. The summed E-state index contributed by atoms with van der Waals surface area (Å²) in [4.78, 5) is 10.7. The van der Waals surface area contributed by atoms with Crippen molar-refractivity contribution in [2.45, 2.75) is 32.6 Å². The second-order valence-corrected chi connectivity index (χ2v) is 5.31. The molecular weight excluding hydrogens is 312 g/mol. The van der Waals surface area contributed by atoms with Gasteiger partial charge in [-0.25, -0.2) is 0 Å². The molecule has 0 radical (unpaired) electrons. The summed E-state index contributed by atoms with van der Waals surface area (Å²) >= 11 is 3.49. The fourth-order valence-corrected chi connectivity index (χ4v) is 2.81. The number of benzene rings is 1. The molecule has 0 amide bonds. The average Bonchev–Trinajstić information content (AvgIpc) is 2.62. The summed E-state index contributed by atoms with van der Waals surface area (Å²) in [6.07, 6.45) is 2.29. The van der Waals surface area contributed by atoms with E-state index in [0.29, 0.717) is 19.6 Å². The maximum atomic E-state index is 10.7. The van der Waals surface area contributed by atoms with Gasteiger partial charge in [-0.05, 0) is 40.4 Å². The van der Waals surface area contributed by atoms with E-state index in [9.17, 15) is 4.79 Å². The summed E-state index contributed by atoms with van der Waals surface area (Å²) in [5.41, 5.74) is 2.07. The predicted molar refractivity (Wildman–Crippen MR) is 75.1 cm³/mol. The lowest BCUT2D eigenvalue weighted by Gasteiger charge is -2.17. The van der Waals surface area contributed by atoms with Crippen LogP contribution in [0.2, 0.25) is 0 Å². The molecule has 1 aromatic carbocycles. The first-order valence-electron chi connectivity index (χ1n) is 6.45. The van der Waals surface area contributed by atoms with E-state index in [1.165, 1.54) is 0 Å². The summed E-state index contributed by atoms with van der Waals surface area (Å²) in [5, 5.41) is 8.82. The second kappa shape index (κ2) is 6.28. The minimum atomic E-state index is -0.787. The van der Waals surface area contributed by atoms with Gasteiger partial charge in [0.25, 0.3) is 0 Å². The normalized spacial score (nSPS) is 14.0. The molecule has 104 valence electrons. The summed E-state index contributed by atoms with van der Waals surface area (Å²) in [7, 11) is 0. The summed E-state index contributed by atoms with van der Waals surface area (Å²) in [5.74, 6) is 0.730. The zero-order valence-electron chi connectivity index (χ0n) is 10.9. The zero-order valence-corrected chi connectivity index (χ0v) is 12.5. The summed E-state index contributed by atoms with van der Waals surface area (Å²) in [6, 6.07) is 1.95. The highest BCUT2D eigenvalue weighted by Crippen LogP contribution is 2.42. The van der Waals surface area contributed by atoms with Crippen molar-refractivity contribution >= 4 is 21.9 Å². The molecule has 0 spiro atoms. The number of aryl methyl sites for hydroxylation is 1. The number of hydrogen-bond acceptors (Lipinski definition) is 3. The van der Waals surface area contributed by atoms with E-state index in [4.69, 9.17) is 14.6 Å². The van der Waals surface area contributed by atoms with Crippen LogP contribution >= 0.6 is 15.9 Å². The number of carboxylic acids is 1. The topological polar surface area (TPSA) is 55.8 Å². The van der Waals surface area contributed by atoms with Crippen LogP contribution in [-0.2, 0) is 17.6 Å². The molecule has 1 N–H and O–H groups in total. The molecule has 1 aliphatic rings. The van der Waals surface area contributed by atoms with Gasteiger partial charge >= 0.3 is 5.97 Å². The van der Waals surface area contributed by atoms with Crippen molar-refractivity contribution < 1.29 is 19.4 Å². The number of rotatable bonds is 4. The van der Waals surface area contributed by atoms with E-state index < -0.39 is 5.97 Å². The van der Waals surface area contributed by atoms with Crippen molar-refractivity contribution in [1.82, 2.24) is 0 Å². The Morgan fingerprint density at radius 1 is 1.37 bits per heavy atom. The Morgan fingerprint density at radius 2 is 2.05 bits per heavy atom. The third-order valence-electron chi connectivity index (χ3n) is 3.13. The van der Waals surface area contributed by atoms with Gasteiger partial charge in [-0.1, -0.05) is 6.92 Å². The standard InChI is InChI=1S/C14H17BrO4/c1-2-10-9(4-5-12(16)17)8-11(15)14-13(10)18-6-3-7-19-14/h8H,2-7H2,1H3,(H,16,17). The Bertz CT molecular complexity index is 485. The lowest BCUT2D eigenvalue weighted by molar-refractivity contribution is -0.136. The third-order valence-corrected chi connectivity index (χ3v) is 3.72. The number of halogens is 1. The molecule has 5 heteroatoms. The van der Waals surface area contributed by atoms with Gasteiger partial charge in [-0.2, -0.15) is 0 Å². The highest BCUT2D eigenvalue weighted by Gasteiger charge is 2.21. The number of carbonyl (C=O) groups is 1. The quantitative estimate of drug-likeness (QED) is 0.922. The first-order valence-corrected chi connectivity index (χ1v) is 7.24. The van der Waals surface area contributed by atoms with Crippen molar-refractivity contribution in [3.05, 3.63) is 21.7 Å². The summed E-state index contributed by atoms with van der Waals surface area (Å²) in [6.45, 7) is 3.32. The maximum absolute atomic E-state index is 10.7. The monoisotopic (exact) mass is 328 g/mol. The zero-order chi connectivity index (χ0) is 13.8. The third kappa shape index (κ3) is 3.21. The van der Waals surface area contributed by atoms with Crippen LogP contribution in [0.3, 0.4) is 0 Å². The Kier molecular flexibility index (Phi) is 4.69. The van der Waals surface area contributed by atoms with Gasteiger partial charge < -0.3 is 14.6 Å². The fraction of sp³-hybridized carbons (Fsp3) is 0.500. The van der Waals surface area contributed by atoms with Crippen LogP contribution in [0.4, 0.5) is 0 Å². The van der Waals surface area contributed by atoms with E-state index >= 15 is 0 Å². The molecule has 19 heavy (non-hydrogen) atoms. The van der Waals surface area contributed by atoms with Gasteiger partial charge in [0.15, 0.2) is 11.5 Å². The molecule has 0 saturated heterocycles. The van der Waals surface area contributed by atoms with E-state index in [1.54, 1.807) is 0 Å². The molecule has 2 rings (SSSR count). The Hall–Kier alpha value is -1.23. The van der Waals surface area contributed by atoms with E-state index in [2.05, 4.69) is 15.9 Å². The molecule has 1 aliphatic heterocycles. The predicted octanol–water partition coefficient (Wildman–Crippen LogP) is 3.19. The van der Waals surface area contributed by atoms with Crippen molar-refractivity contribution in [3.63, 3.8) is 0 Å². The average molecular weight is 329 g/mol. The SMILES string of the molecule is CCc1c(CCC(=O)O)cc(Br)c2c1OCCCO2. The van der Waals surface area contributed by atoms with Crippen molar-refractivity contribution in [3.8, 4) is 11.5 Å². The van der Waals surface area contributed by atoms with Crippen LogP contribution in [0, 0.1) is 0 Å². The Morgan fingerprint density at radius 3 is 2.68 bits per heavy atom. The lowest BCUT2D eigenvalue weighted by Crippen LogP contribution is -2.04. The second-order valence-electron chi connectivity index (χ2n) is 4.45. The van der Waals surface area contributed by atoms with E-state index in [-0.39, 0.29) is 6.42 Å². The van der Waals surface area contributed by atoms with Crippen LogP contribution < -0.4 is 9.47 Å². The highest BCUT2D eigenvalue weighted by atomic mass is 79.9. The number of aliphatic carboxylic acids is 1. The molecule has 0 saturated carbocycles. The number of ether oxygens (including phenoxy) is 2. The van der Waals surface area contributed by atoms with Gasteiger partial charge in [0.1, 0.15) is 0 Å². The largest absolute Gasteiger partial charge is 0.489 e. The molecule has 1 aromatic rings. The molecule has 1 heterocycles. The molecule has 4 nitrogen and oxygen atoms in total. The van der Waals surface area contributed by atoms with Crippen molar-refractivity contribution in [1.29, 1.82) is 0 Å². The smallest absolute Gasteiger partial charge is 0.303 e. The van der Waals surface area contributed by atoms with Crippen LogP contribution in [0.5, 0.6) is 11.5 Å². The lowest BCUT2D eigenvalue weighted by atomic mass is 9.99. The van der Waals surface area contributed by atoms with Gasteiger partial charge in [0, 0.05) is 18.4 Å². The highest BCUT2D eigenvalue weighted by molar-refractivity contribution is 9.10. The van der Waals surface area contributed by atoms with Crippen LogP contribution in [0.15, 0.2) is 10.5 Å². The van der Waals surface area contributed by atoms with E-state index in [0.717, 1.165) is 39.9 Å². The van der Waals surface area contributed by atoms with Crippen molar-refractivity contribution in [2.75, 3.05) is 13.2 Å². The number of carboxylic acid groups (broad SMARTS) is 1. The minimum Gasteiger partial charge on any atom is -0.489 e. The minimum absolute atomic E-state index is 0.124.